The standard InChI is InChI=1S/C14H14ClNO2/c1-18-14(17)9-6-7-11-12(13(9)15)8-4-2-3-5-10(8)16-11/h6-7,16H,2-5H2,1H3. The van der Waals surface area contributed by atoms with Crippen LogP contribution < -0.4 is 0 Å². The minimum absolute atomic E-state index is 0.382. The van der Waals surface area contributed by atoms with Gasteiger partial charge >= 0.3 is 5.97 Å². The molecule has 2 aromatic rings. The number of halogens is 1. The van der Waals surface area contributed by atoms with E-state index in [9.17, 15) is 4.79 Å². The molecule has 0 bridgehead atoms. The topological polar surface area (TPSA) is 42.1 Å². The van der Waals surface area contributed by atoms with E-state index in [4.69, 9.17) is 16.3 Å². The number of hydrogen-bond acceptors (Lipinski definition) is 2. The van der Waals surface area contributed by atoms with Gasteiger partial charge in [-0.1, -0.05) is 11.6 Å². The molecule has 0 radical (unpaired) electrons. The van der Waals surface area contributed by atoms with Crippen LogP contribution in [-0.2, 0) is 17.6 Å². The van der Waals surface area contributed by atoms with Crippen molar-refractivity contribution in [1.29, 1.82) is 0 Å². The summed E-state index contributed by atoms with van der Waals surface area (Å²) in [5.74, 6) is -0.382. The second kappa shape index (κ2) is 4.32. The molecule has 0 unspecified atom stereocenters. The van der Waals surface area contributed by atoms with Crippen molar-refractivity contribution in [3.05, 3.63) is 34.0 Å². The first kappa shape index (κ1) is 11.6. The Morgan fingerprint density at radius 3 is 2.89 bits per heavy atom. The van der Waals surface area contributed by atoms with Crippen LogP contribution in [0.2, 0.25) is 5.02 Å². The Hall–Kier alpha value is -1.48. The van der Waals surface area contributed by atoms with Gasteiger partial charge < -0.3 is 9.72 Å². The number of fused-ring (bicyclic) bond motifs is 3. The number of rotatable bonds is 1. The Balaban J connectivity index is 2.27. The van der Waals surface area contributed by atoms with Gasteiger partial charge in [0, 0.05) is 16.6 Å². The largest absolute Gasteiger partial charge is 0.465 e. The molecule has 1 heterocycles. The molecule has 0 spiro atoms. The molecule has 1 aromatic heterocycles. The highest BCUT2D eigenvalue weighted by molar-refractivity contribution is 6.38. The van der Waals surface area contributed by atoms with E-state index < -0.39 is 0 Å². The van der Waals surface area contributed by atoms with Crippen LogP contribution in [0.5, 0.6) is 0 Å². The van der Waals surface area contributed by atoms with Crippen molar-refractivity contribution in [1.82, 2.24) is 4.98 Å². The molecule has 4 heteroatoms. The number of benzene rings is 1. The van der Waals surface area contributed by atoms with Gasteiger partial charge in [0.2, 0.25) is 0 Å². The quantitative estimate of drug-likeness (QED) is 0.801. The molecule has 3 rings (SSSR count). The highest BCUT2D eigenvalue weighted by Crippen LogP contribution is 2.35. The van der Waals surface area contributed by atoms with Crippen LogP contribution in [0.3, 0.4) is 0 Å². The van der Waals surface area contributed by atoms with Crippen LogP contribution in [0.15, 0.2) is 12.1 Å². The molecule has 94 valence electrons. The normalized spacial score (nSPS) is 14.6. The molecule has 1 N–H and O–H groups in total. The summed E-state index contributed by atoms with van der Waals surface area (Å²) < 4.78 is 4.75. The highest BCUT2D eigenvalue weighted by Gasteiger charge is 2.21. The summed E-state index contributed by atoms with van der Waals surface area (Å²) in [6.45, 7) is 0. The highest BCUT2D eigenvalue weighted by atomic mass is 35.5. The fraction of sp³-hybridized carbons (Fsp3) is 0.357. The lowest BCUT2D eigenvalue weighted by Crippen LogP contribution is -2.03. The zero-order valence-electron chi connectivity index (χ0n) is 10.2. The molecule has 1 aliphatic rings. The number of carbonyl (C=O) groups is 1. The number of nitrogens with one attached hydrogen (secondary N) is 1. The SMILES string of the molecule is COC(=O)c1ccc2[nH]c3c(c2c1Cl)CCCC3. The van der Waals surface area contributed by atoms with Crippen LogP contribution in [0.1, 0.15) is 34.5 Å². The maximum absolute atomic E-state index is 11.7. The zero-order chi connectivity index (χ0) is 12.7. The lowest BCUT2D eigenvalue weighted by atomic mass is 9.95. The van der Waals surface area contributed by atoms with Gasteiger partial charge in [-0.25, -0.2) is 4.79 Å². The molecule has 0 saturated carbocycles. The van der Waals surface area contributed by atoms with Crippen molar-refractivity contribution < 1.29 is 9.53 Å². The zero-order valence-corrected chi connectivity index (χ0v) is 10.9. The molecular formula is C14H14ClNO2. The summed E-state index contributed by atoms with van der Waals surface area (Å²) in [7, 11) is 1.37. The van der Waals surface area contributed by atoms with Gasteiger partial charge in [-0.05, 0) is 43.4 Å². The Kier molecular flexibility index (Phi) is 2.78. The first-order valence-corrected chi connectivity index (χ1v) is 6.50. The first-order chi connectivity index (χ1) is 8.72. The lowest BCUT2D eigenvalue weighted by molar-refractivity contribution is 0.0601. The number of aromatic amines is 1. The summed E-state index contributed by atoms with van der Waals surface area (Å²) in [6.07, 6.45) is 4.48. The van der Waals surface area contributed by atoms with Gasteiger partial charge in [0.05, 0.1) is 17.7 Å². The van der Waals surface area contributed by atoms with Gasteiger partial charge in [-0.2, -0.15) is 0 Å². The number of carbonyl (C=O) groups excluding carboxylic acids is 1. The summed E-state index contributed by atoms with van der Waals surface area (Å²) in [4.78, 5) is 15.1. The monoisotopic (exact) mass is 263 g/mol. The Morgan fingerprint density at radius 1 is 1.33 bits per heavy atom. The van der Waals surface area contributed by atoms with Crippen LogP contribution in [0.25, 0.3) is 10.9 Å². The molecular weight excluding hydrogens is 250 g/mol. The van der Waals surface area contributed by atoms with Crippen molar-refractivity contribution in [3.63, 3.8) is 0 Å². The number of hydrogen-bond donors (Lipinski definition) is 1. The van der Waals surface area contributed by atoms with Crippen molar-refractivity contribution in [3.8, 4) is 0 Å². The number of methoxy groups -OCH3 is 1. The van der Waals surface area contributed by atoms with E-state index in [2.05, 4.69) is 4.98 Å². The van der Waals surface area contributed by atoms with Crippen molar-refractivity contribution in [2.45, 2.75) is 25.7 Å². The Labute approximate surface area is 110 Å². The van der Waals surface area contributed by atoms with E-state index in [0.717, 1.165) is 23.7 Å². The van der Waals surface area contributed by atoms with E-state index in [1.807, 2.05) is 6.07 Å². The maximum Gasteiger partial charge on any atom is 0.339 e. The van der Waals surface area contributed by atoms with Crippen LogP contribution >= 0.6 is 11.6 Å². The molecule has 0 fully saturated rings. The summed E-state index contributed by atoms with van der Waals surface area (Å²) in [5, 5.41) is 1.51. The van der Waals surface area contributed by atoms with Gasteiger partial charge in [0.1, 0.15) is 0 Å². The molecule has 18 heavy (non-hydrogen) atoms. The molecule has 1 aliphatic carbocycles. The van der Waals surface area contributed by atoms with E-state index >= 15 is 0 Å². The minimum atomic E-state index is -0.382. The van der Waals surface area contributed by atoms with Gasteiger partial charge in [0.15, 0.2) is 0 Å². The second-order valence-corrected chi connectivity index (χ2v) is 5.01. The van der Waals surface area contributed by atoms with E-state index in [-0.39, 0.29) is 5.97 Å². The maximum atomic E-state index is 11.7. The number of esters is 1. The van der Waals surface area contributed by atoms with Crippen LogP contribution in [0.4, 0.5) is 0 Å². The summed E-state index contributed by atoms with van der Waals surface area (Å²) in [6, 6.07) is 3.63. The molecule has 0 saturated heterocycles. The predicted octanol–water partition coefficient (Wildman–Crippen LogP) is 3.49. The molecule has 1 aromatic carbocycles. The first-order valence-electron chi connectivity index (χ1n) is 6.12. The Bertz CT molecular complexity index is 630. The molecule has 0 amide bonds. The number of H-pyrrole nitrogens is 1. The second-order valence-electron chi connectivity index (χ2n) is 4.63. The predicted molar refractivity (Wildman–Crippen MR) is 71.3 cm³/mol. The number of ether oxygens (including phenoxy) is 1. The number of aryl methyl sites for hydroxylation is 2. The summed E-state index contributed by atoms with van der Waals surface area (Å²) in [5.41, 5.74) is 3.99. The van der Waals surface area contributed by atoms with Gasteiger partial charge in [-0.15, -0.1) is 0 Å². The van der Waals surface area contributed by atoms with Gasteiger partial charge in [0.25, 0.3) is 0 Å². The third-order valence-corrected chi connectivity index (χ3v) is 4.00. The van der Waals surface area contributed by atoms with Crippen LogP contribution in [-0.4, -0.2) is 18.1 Å². The fourth-order valence-corrected chi connectivity index (χ4v) is 3.08. The van der Waals surface area contributed by atoms with Gasteiger partial charge in [-0.3, -0.25) is 0 Å². The fourth-order valence-electron chi connectivity index (χ4n) is 2.72. The van der Waals surface area contributed by atoms with E-state index in [0.29, 0.717) is 10.6 Å². The third-order valence-electron chi connectivity index (χ3n) is 3.60. The summed E-state index contributed by atoms with van der Waals surface area (Å²) >= 11 is 6.37. The molecule has 3 nitrogen and oxygen atoms in total. The van der Waals surface area contributed by atoms with E-state index in [1.54, 1.807) is 6.07 Å². The van der Waals surface area contributed by atoms with Crippen molar-refractivity contribution in [2.24, 2.45) is 0 Å². The smallest absolute Gasteiger partial charge is 0.339 e. The Morgan fingerprint density at radius 2 is 2.11 bits per heavy atom. The molecule has 0 aliphatic heterocycles. The minimum Gasteiger partial charge on any atom is -0.465 e. The van der Waals surface area contributed by atoms with Crippen molar-refractivity contribution in [2.75, 3.05) is 7.11 Å². The lowest BCUT2D eigenvalue weighted by Gasteiger charge is -2.11. The average Bonchev–Trinajstić information content (AvgIpc) is 2.77. The average molecular weight is 264 g/mol. The molecule has 0 atom stereocenters. The van der Waals surface area contributed by atoms with Crippen molar-refractivity contribution >= 4 is 28.5 Å². The van der Waals surface area contributed by atoms with E-state index in [1.165, 1.54) is 31.2 Å². The van der Waals surface area contributed by atoms with Crippen LogP contribution in [0, 0.1) is 0 Å². The third kappa shape index (κ3) is 1.62. The number of aromatic nitrogens is 1.